The number of nitrogens with one attached hydrogen (secondary N) is 2. The van der Waals surface area contributed by atoms with Crippen LogP contribution < -0.4 is 15.6 Å². The zero-order valence-electron chi connectivity index (χ0n) is 13.9. The molecule has 7 nitrogen and oxygen atoms in total. The predicted molar refractivity (Wildman–Crippen MR) is 92.6 cm³/mol. The second-order valence-electron chi connectivity index (χ2n) is 5.46. The lowest BCUT2D eigenvalue weighted by Gasteiger charge is -2.21. The predicted octanol–water partition coefficient (Wildman–Crippen LogP) is 1.64. The zero-order valence-corrected chi connectivity index (χ0v) is 13.9. The first kappa shape index (κ1) is 16.5. The van der Waals surface area contributed by atoms with Gasteiger partial charge >= 0.3 is 0 Å². The van der Waals surface area contributed by atoms with Gasteiger partial charge in [0.05, 0.1) is 7.11 Å². The molecule has 1 aromatic carbocycles. The molecule has 3 aromatic rings. The van der Waals surface area contributed by atoms with Crippen LogP contribution in [-0.4, -0.2) is 27.6 Å². The van der Waals surface area contributed by atoms with Crippen molar-refractivity contribution in [2.24, 2.45) is 7.05 Å². The van der Waals surface area contributed by atoms with Crippen molar-refractivity contribution in [3.63, 3.8) is 0 Å². The number of methoxy groups -OCH3 is 1. The molecule has 0 aliphatic carbocycles. The summed E-state index contributed by atoms with van der Waals surface area (Å²) in [5.41, 5.74) is 0.343. The molecule has 25 heavy (non-hydrogen) atoms. The van der Waals surface area contributed by atoms with E-state index in [1.165, 1.54) is 12.3 Å². The number of ether oxygens (including phenoxy) is 1. The number of H-pyrrole nitrogens is 1. The fraction of sp³-hybridized carbons (Fsp3) is 0.167. The first-order chi connectivity index (χ1) is 12.1. The van der Waals surface area contributed by atoms with Gasteiger partial charge in [-0.3, -0.25) is 9.59 Å². The summed E-state index contributed by atoms with van der Waals surface area (Å²) in [5, 5.41) is 2.89. The Bertz CT molecular complexity index is 945. The number of aromatic nitrogens is 3. The van der Waals surface area contributed by atoms with Gasteiger partial charge in [-0.25, -0.2) is 4.98 Å². The first-order valence-corrected chi connectivity index (χ1v) is 7.70. The van der Waals surface area contributed by atoms with E-state index >= 15 is 0 Å². The van der Waals surface area contributed by atoms with Crippen LogP contribution in [0.3, 0.4) is 0 Å². The molecule has 2 heterocycles. The lowest BCUT2D eigenvalue weighted by Crippen LogP contribution is -2.34. The Morgan fingerprint density at radius 1 is 1.28 bits per heavy atom. The van der Waals surface area contributed by atoms with Gasteiger partial charge in [0.25, 0.3) is 11.5 Å². The van der Waals surface area contributed by atoms with Gasteiger partial charge in [-0.05, 0) is 18.2 Å². The Kier molecular flexibility index (Phi) is 4.65. The standard InChI is InChI=1S/C18H18N4O3/c1-22-11-10-19-16(22)15(12-6-3-4-8-14(12)25-2)21-18(24)13-7-5-9-20-17(13)23/h3-11,15H,1-2H3,(H,20,23)(H,21,24). The van der Waals surface area contributed by atoms with Crippen molar-refractivity contribution in [1.29, 1.82) is 0 Å². The normalized spacial score (nSPS) is 11.8. The fourth-order valence-corrected chi connectivity index (χ4v) is 2.65. The van der Waals surface area contributed by atoms with Crippen LogP contribution in [0.5, 0.6) is 5.75 Å². The number of aryl methyl sites for hydroxylation is 1. The van der Waals surface area contributed by atoms with Crippen molar-refractivity contribution in [3.05, 3.63) is 82.3 Å². The second kappa shape index (κ2) is 7.04. The van der Waals surface area contributed by atoms with Crippen molar-refractivity contribution in [1.82, 2.24) is 19.9 Å². The highest BCUT2D eigenvalue weighted by Crippen LogP contribution is 2.29. The lowest BCUT2D eigenvalue weighted by atomic mass is 10.0. The first-order valence-electron chi connectivity index (χ1n) is 7.70. The SMILES string of the molecule is COc1ccccc1C(NC(=O)c1ccc[nH]c1=O)c1nccn1C. The Morgan fingerprint density at radius 2 is 2.08 bits per heavy atom. The molecule has 1 atom stereocenters. The number of pyridine rings is 1. The summed E-state index contributed by atoms with van der Waals surface area (Å²) in [5.74, 6) is 0.767. The van der Waals surface area contributed by atoms with E-state index in [1.54, 1.807) is 25.6 Å². The number of rotatable bonds is 5. The average molecular weight is 338 g/mol. The number of nitrogens with zero attached hydrogens (tertiary/aromatic N) is 2. The number of carbonyl (C=O) groups excluding carboxylic acids is 1. The summed E-state index contributed by atoms with van der Waals surface area (Å²) in [6, 6.07) is 9.89. The smallest absolute Gasteiger partial charge is 0.260 e. The number of para-hydroxylation sites is 1. The summed E-state index contributed by atoms with van der Waals surface area (Å²) < 4.78 is 7.23. The third-order valence-electron chi connectivity index (χ3n) is 3.90. The number of hydrogen-bond donors (Lipinski definition) is 2. The lowest BCUT2D eigenvalue weighted by molar-refractivity contribution is 0.0939. The maximum atomic E-state index is 12.6. The van der Waals surface area contributed by atoms with E-state index < -0.39 is 17.5 Å². The van der Waals surface area contributed by atoms with Crippen LogP contribution in [0.25, 0.3) is 0 Å². The van der Waals surface area contributed by atoms with Crippen molar-refractivity contribution in [2.75, 3.05) is 7.11 Å². The third-order valence-corrected chi connectivity index (χ3v) is 3.90. The van der Waals surface area contributed by atoms with Gasteiger partial charge in [-0.1, -0.05) is 18.2 Å². The second-order valence-corrected chi connectivity index (χ2v) is 5.46. The van der Waals surface area contributed by atoms with E-state index in [0.29, 0.717) is 11.6 Å². The monoisotopic (exact) mass is 338 g/mol. The molecule has 1 amide bonds. The maximum Gasteiger partial charge on any atom is 0.260 e. The Morgan fingerprint density at radius 3 is 2.76 bits per heavy atom. The number of amides is 1. The molecular weight excluding hydrogens is 320 g/mol. The van der Waals surface area contributed by atoms with Gasteiger partial charge in [-0.15, -0.1) is 0 Å². The minimum Gasteiger partial charge on any atom is -0.496 e. The van der Waals surface area contributed by atoms with Crippen molar-refractivity contribution in [3.8, 4) is 5.75 Å². The zero-order chi connectivity index (χ0) is 17.8. The highest BCUT2D eigenvalue weighted by atomic mass is 16.5. The number of aromatic amines is 1. The van der Waals surface area contributed by atoms with Crippen molar-refractivity contribution in [2.45, 2.75) is 6.04 Å². The maximum absolute atomic E-state index is 12.6. The number of hydrogen-bond acceptors (Lipinski definition) is 4. The van der Waals surface area contributed by atoms with Crippen LogP contribution in [0.1, 0.15) is 27.8 Å². The topological polar surface area (TPSA) is 89.0 Å². The van der Waals surface area contributed by atoms with Gasteiger partial charge in [0.2, 0.25) is 0 Å². The molecule has 0 spiro atoms. The third kappa shape index (κ3) is 3.30. The van der Waals surface area contributed by atoms with Crippen LogP contribution in [0, 0.1) is 0 Å². The van der Waals surface area contributed by atoms with Gasteiger partial charge in [-0.2, -0.15) is 0 Å². The highest BCUT2D eigenvalue weighted by Gasteiger charge is 2.25. The summed E-state index contributed by atoms with van der Waals surface area (Å²) >= 11 is 0. The molecule has 0 saturated carbocycles. The molecule has 128 valence electrons. The Balaban J connectivity index is 2.04. The minimum atomic E-state index is -0.566. The van der Waals surface area contributed by atoms with Gasteiger partial charge < -0.3 is 19.6 Å². The van der Waals surface area contributed by atoms with Crippen molar-refractivity contribution >= 4 is 5.91 Å². The molecule has 3 rings (SSSR count). The molecule has 0 aliphatic rings. The molecular formula is C18H18N4O3. The largest absolute Gasteiger partial charge is 0.496 e. The van der Waals surface area contributed by atoms with E-state index in [4.69, 9.17) is 4.74 Å². The molecule has 7 heteroatoms. The summed E-state index contributed by atoms with van der Waals surface area (Å²) in [4.78, 5) is 31.4. The molecule has 2 N–H and O–H groups in total. The fourth-order valence-electron chi connectivity index (χ4n) is 2.65. The molecule has 0 radical (unpaired) electrons. The summed E-state index contributed by atoms with van der Waals surface area (Å²) in [7, 11) is 3.41. The van der Waals surface area contributed by atoms with Gasteiger partial charge in [0, 0.05) is 31.2 Å². The van der Waals surface area contributed by atoms with Crippen molar-refractivity contribution < 1.29 is 9.53 Å². The molecule has 2 aromatic heterocycles. The van der Waals surface area contributed by atoms with E-state index in [-0.39, 0.29) is 5.56 Å². The van der Waals surface area contributed by atoms with Crippen LogP contribution in [0.15, 0.2) is 59.8 Å². The van der Waals surface area contributed by atoms with Gasteiger partial charge in [0.15, 0.2) is 0 Å². The average Bonchev–Trinajstić information content (AvgIpc) is 3.05. The van der Waals surface area contributed by atoms with E-state index in [1.807, 2.05) is 35.9 Å². The van der Waals surface area contributed by atoms with Crippen LogP contribution >= 0.6 is 0 Å². The Labute approximate surface area is 144 Å². The number of benzene rings is 1. The molecule has 0 aliphatic heterocycles. The van der Waals surface area contributed by atoms with Crippen LogP contribution in [0.4, 0.5) is 0 Å². The quantitative estimate of drug-likeness (QED) is 0.740. The number of imidazole rings is 1. The molecule has 0 saturated heterocycles. The molecule has 0 fully saturated rings. The van der Waals surface area contributed by atoms with E-state index in [0.717, 1.165) is 5.56 Å². The van der Waals surface area contributed by atoms with Crippen LogP contribution in [-0.2, 0) is 7.05 Å². The minimum absolute atomic E-state index is 0.0385. The molecule has 1 unspecified atom stereocenters. The van der Waals surface area contributed by atoms with E-state index in [9.17, 15) is 9.59 Å². The van der Waals surface area contributed by atoms with E-state index in [2.05, 4.69) is 15.3 Å². The summed E-state index contributed by atoms with van der Waals surface area (Å²) in [6.07, 6.45) is 4.92. The van der Waals surface area contributed by atoms with Crippen LogP contribution in [0.2, 0.25) is 0 Å². The number of carbonyl (C=O) groups is 1. The summed E-state index contributed by atoms with van der Waals surface area (Å²) in [6.45, 7) is 0. The Hall–Kier alpha value is -3.35. The van der Waals surface area contributed by atoms with Gasteiger partial charge in [0.1, 0.15) is 23.2 Å². The molecule has 0 bridgehead atoms. The highest BCUT2D eigenvalue weighted by molar-refractivity contribution is 5.94.